The molecule has 30 heavy (non-hydrogen) atoms. The third-order valence-corrected chi connectivity index (χ3v) is 6.55. The Hall–Kier alpha value is -2.54. The number of nitrogens with zero attached hydrogens (tertiary/aromatic N) is 1. The van der Waals surface area contributed by atoms with Gasteiger partial charge in [-0.2, -0.15) is 0 Å². The minimum atomic E-state index is -3.33. The molecule has 0 spiro atoms. The smallest absolute Gasteiger partial charge is 0.261 e. The average molecular weight is 433 g/mol. The highest BCUT2D eigenvalue weighted by atomic mass is 32.2. The summed E-state index contributed by atoms with van der Waals surface area (Å²) in [5.74, 6) is 0.331. The molecule has 6 nitrogen and oxygen atoms in total. The lowest BCUT2D eigenvalue weighted by Gasteiger charge is -2.23. The Morgan fingerprint density at radius 3 is 2.17 bits per heavy atom. The van der Waals surface area contributed by atoms with Crippen LogP contribution in [0.25, 0.3) is 0 Å². The van der Waals surface area contributed by atoms with Gasteiger partial charge in [-0.3, -0.25) is 9.10 Å². The Labute approximate surface area is 180 Å². The fraction of sp³-hybridized carbons (Fsp3) is 0.435. The van der Waals surface area contributed by atoms with Gasteiger partial charge in [-0.15, -0.1) is 0 Å². The second-order valence-corrected chi connectivity index (χ2v) is 9.78. The van der Waals surface area contributed by atoms with E-state index in [4.69, 9.17) is 4.74 Å². The van der Waals surface area contributed by atoms with Gasteiger partial charge in [0.25, 0.3) is 5.91 Å². The first kappa shape index (κ1) is 23.7. The Kier molecular flexibility index (Phi) is 7.53. The van der Waals surface area contributed by atoms with Crippen LogP contribution in [0.2, 0.25) is 0 Å². The number of benzene rings is 2. The van der Waals surface area contributed by atoms with Gasteiger partial charge in [0, 0.05) is 7.05 Å². The molecule has 1 N–H and O–H groups in total. The Bertz CT molecular complexity index is 1000. The lowest BCUT2D eigenvalue weighted by Crippen LogP contribution is -2.39. The van der Waals surface area contributed by atoms with E-state index in [1.165, 1.54) is 22.5 Å². The number of amides is 1. The van der Waals surface area contributed by atoms with E-state index in [-0.39, 0.29) is 11.9 Å². The van der Waals surface area contributed by atoms with Crippen molar-refractivity contribution in [1.82, 2.24) is 5.32 Å². The normalized spacial score (nSPS) is 13.4. The topological polar surface area (TPSA) is 75.7 Å². The van der Waals surface area contributed by atoms with Crippen molar-refractivity contribution in [3.63, 3.8) is 0 Å². The molecule has 2 atom stereocenters. The van der Waals surface area contributed by atoms with Crippen LogP contribution in [-0.4, -0.2) is 33.7 Å². The molecule has 0 saturated heterocycles. The molecule has 0 aliphatic carbocycles. The summed E-state index contributed by atoms with van der Waals surface area (Å²) < 4.78 is 30.4. The molecule has 164 valence electrons. The van der Waals surface area contributed by atoms with Crippen LogP contribution in [0.3, 0.4) is 0 Å². The molecule has 0 aliphatic heterocycles. The van der Waals surface area contributed by atoms with Crippen molar-refractivity contribution in [3.8, 4) is 5.75 Å². The van der Waals surface area contributed by atoms with Gasteiger partial charge in [0.2, 0.25) is 10.0 Å². The molecule has 0 unspecified atom stereocenters. The van der Waals surface area contributed by atoms with E-state index >= 15 is 0 Å². The summed E-state index contributed by atoms with van der Waals surface area (Å²) in [6, 6.07) is 10.8. The summed E-state index contributed by atoms with van der Waals surface area (Å²) in [4.78, 5) is 12.8. The zero-order chi connectivity index (χ0) is 22.6. The molecule has 1 amide bonds. The number of carbonyl (C=O) groups is 1. The van der Waals surface area contributed by atoms with Gasteiger partial charge in [0.05, 0.1) is 18.0 Å². The fourth-order valence-corrected chi connectivity index (χ4v) is 3.75. The zero-order valence-corrected chi connectivity index (χ0v) is 19.6. The molecule has 0 aliphatic rings. The summed E-state index contributed by atoms with van der Waals surface area (Å²) in [6.45, 7) is 10.1. The van der Waals surface area contributed by atoms with E-state index in [1.54, 1.807) is 24.3 Å². The lowest BCUT2D eigenvalue weighted by molar-refractivity contribution is -0.128. The SMILES string of the molecule is CC[C@H](Oc1ccc(N(C)S(C)(=O)=O)cc1)C(=O)N[C@H](C)c1cc(C)c(C)cc1C. The second kappa shape index (κ2) is 9.51. The van der Waals surface area contributed by atoms with Crippen LogP contribution in [0.4, 0.5) is 5.69 Å². The van der Waals surface area contributed by atoms with E-state index in [0.29, 0.717) is 17.9 Å². The number of sulfonamides is 1. The number of nitrogens with one attached hydrogen (secondary N) is 1. The summed E-state index contributed by atoms with van der Waals surface area (Å²) in [5.41, 5.74) is 5.19. The van der Waals surface area contributed by atoms with Crippen LogP contribution in [0, 0.1) is 20.8 Å². The van der Waals surface area contributed by atoms with Gasteiger partial charge in [0.15, 0.2) is 6.10 Å². The van der Waals surface area contributed by atoms with Crippen molar-refractivity contribution >= 4 is 21.6 Å². The first-order valence-electron chi connectivity index (χ1n) is 10.0. The Morgan fingerprint density at radius 1 is 1.07 bits per heavy atom. The molecule has 2 rings (SSSR count). The number of ether oxygens (including phenoxy) is 1. The Balaban J connectivity index is 2.09. The molecule has 0 saturated carbocycles. The van der Waals surface area contributed by atoms with E-state index in [2.05, 4.69) is 31.3 Å². The molecule has 2 aromatic carbocycles. The van der Waals surface area contributed by atoms with Gasteiger partial charge >= 0.3 is 0 Å². The highest BCUT2D eigenvalue weighted by Gasteiger charge is 2.22. The standard InChI is InChI=1S/C23H32N2O4S/c1-8-22(29-20-11-9-19(10-12-20)25(6)30(7,27)28)23(26)24-18(5)21-14-16(3)15(2)13-17(21)4/h9-14,18,22H,8H2,1-7H3,(H,24,26)/t18-,22+/m1/s1. The predicted octanol–water partition coefficient (Wildman–Crippen LogP) is 4.04. The molecule has 0 fully saturated rings. The number of hydrogen-bond acceptors (Lipinski definition) is 4. The van der Waals surface area contributed by atoms with Crippen molar-refractivity contribution in [1.29, 1.82) is 0 Å². The van der Waals surface area contributed by atoms with Crippen molar-refractivity contribution in [2.45, 2.75) is 53.2 Å². The second-order valence-electron chi connectivity index (χ2n) is 7.76. The fourth-order valence-electron chi connectivity index (χ4n) is 3.25. The third kappa shape index (κ3) is 5.75. The van der Waals surface area contributed by atoms with Crippen molar-refractivity contribution in [2.24, 2.45) is 0 Å². The highest BCUT2D eigenvalue weighted by molar-refractivity contribution is 7.92. The summed E-state index contributed by atoms with van der Waals surface area (Å²) in [6.07, 6.45) is 1.01. The average Bonchev–Trinajstić information content (AvgIpc) is 2.67. The van der Waals surface area contributed by atoms with Crippen LogP contribution >= 0.6 is 0 Å². The summed E-state index contributed by atoms with van der Waals surface area (Å²) >= 11 is 0. The largest absolute Gasteiger partial charge is 0.481 e. The molecular formula is C23H32N2O4S. The van der Waals surface area contributed by atoms with Crippen LogP contribution in [0.5, 0.6) is 5.75 Å². The van der Waals surface area contributed by atoms with E-state index in [0.717, 1.165) is 17.4 Å². The molecular weight excluding hydrogens is 400 g/mol. The quantitative estimate of drug-likeness (QED) is 0.683. The third-order valence-electron chi connectivity index (χ3n) is 5.35. The van der Waals surface area contributed by atoms with Crippen LogP contribution in [-0.2, 0) is 14.8 Å². The molecule has 0 heterocycles. The first-order chi connectivity index (χ1) is 13.9. The monoisotopic (exact) mass is 432 g/mol. The Morgan fingerprint density at radius 2 is 1.63 bits per heavy atom. The highest BCUT2D eigenvalue weighted by Crippen LogP contribution is 2.24. The predicted molar refractivity (Wildman–Crippen MR) is 122 cm³/mol. The summed E-state index contributed by atoms with van der Waals surface area (Å²) in [5, 5.41) is 3.05. The van der Waals surface area contributed by atoms with Gasteiger partial charge in [-0.1, -0.05) is 19.1 Å². The maximum atomic E-state index is 12.8. The number of aryl methyl sites for hydroxylation is 3. The molecule has 0 radical (unpaired) electrons. The van der Waals surface area contributed by atoms with Crippen LogP contribution in [0.15, 0.2) is 36.4 Å². The van der Waals surface area contributed by atoms with Gasteiger partial charge < -0.3 is 10.1 Å². The van der Waals surface area contributed by atoms with Gasteiger partial charge in [-0.05, 0) is 80.6 Å². The first-order valence-corrected chi connectivity index (χ1v) is 11.9. The summed E-state index contributed by atoms with van der Waals surface area (Å²) in [7, 11) is -1.84. The zero-order valence-electron chi connectivity index (χ0n) is 18.8. The van der Waals surface area contributed by atoms with E-state index in [9.17, 15) is 13.2 Å². The number of carbonyl (C=O) groups excluding carboxylic acids is 1. The number of rotatable bonds is 8. The van der Waals surface area contributed by atoms with Crippen molar-refractivity contribution < 1.29 is 17.9 Å². The maximum Gasteiger partial charge on any atom is 0.261 e. The molecule has 7 heteroatoms. The number of hydrogen-bond donors (Lipinski definition) is 1. The van der Waals surface area contributed by atoms with E-state index in [1.807, 2.05) is 20.8 Å². The molecule has 2 aromatic rings. The van der Waals surface area contributed by atoms with E-state index < -0.39 is 16.1 Å². The van der Waals surface area contributed by atoms with Crippen LogP contribution in [0.1, 0.15) is 48.6 Å². The minimum Gasteiger partial charge on any atom is -0.481 e. The molecule has 0 bridgehead atoms. The number of anilines is 1. The maximum absolute atomic E-state index is 12.8. The minimum absolute atomic E-state index is 0.139. The van der Waals surface area contributed by atoms with Gasteiger partial charge in [0.1, 0.15) is 5.75 Å². The van der Waals surface area contributed by atoms with Crippen LogP contribution < -0.4 is 14.4 Å². The van der Waals surface area contributed by atoms with Crippen molar-refractivity contribution in [3.05, 3.63) is 58.7 Å². The van der Waals surface area contributed by atoms with Gasteiger partial charge in [-0.25, -0.2) is 8.42 Å². The van der Waals surface area contributed by atoms with Crippen molar-refractivity contribution in [2.75, 3.05) is 17.6 Å². The molecule has 0 aromatic heterocycles. The lowest BCUT2D eigenvalue weighted by atomic mass is 9.96.